The van der Waals surface area contributed by atoms with Gasteiger partial charge in [0, 0.05) is 27.9 Å². The summed E-state index contributed by atoms with van der Waals surface area (Å²) in [4.78, 5) is 6.85. The lowest BCUT2D eigenvalue weighted by Crippen LogP contribution is -2.38. The lowest BCUT2D eigenvalue weighted by Gasteiger charge is -2.08. The summed E-state index contributed by atoms with van der Waals surface area (Å²) in [7, 11) is 0. The minimum absolute atomic E-state index is 0.0620. The molecule has 1 fully saturated rings. The molecule has 1 amide bonds. The van der Waals surface area contributed by atoms with Gasteiger partial charge in [-0.15, -0.1) is 0 Å². The molecule has 0 bridgehead atoms. The number of amides is 1. The number of hydrogen-bond acceptors (Lipinski definition) is 1. The third-order valence-electron chi connectivity index (χ3n) is 1.74. The first-order chi connectivity index (χ1) is 5.82. The standard InChI is InChI=1S/C6H6BrF4NO/c7-6(10,11)5(13)12-3-1-2(3)4(8)9/h2-4H,1H2,(H,12,13)/t2-,3-/m0/s1. The molecular weight excluding hydrogens is 258 g/mol. The fraction of sp³-hybridized carbons (Fsp3) is 0.833. The van der Waals surface area contributed by atoms with Gasteiger partial charge in [-0.2, -0.15) is 8.78 Å². The molecule has 1 rings (SSSR count). The monoisotopic (exact) mass is 263 g/mol. The van der Waals surface area contributed by atoms with E-state index in [0.29, 0.717) is 0 Å². The molecule has 1 saturated carbocycles. The van der Waals surface area contributed by atoms with Gasteiger partial charge in [-0.05, 0) is 6.42 Å². The van der Waals surface area contributed by atoms with Crippen molar-refractivity contribution in [1.29, 1.82) is 0 Å². The maximum absolute atomic E-state index is 12.1. The smallest absolute Gasteiger partial charge is 0.347 e. The van der Waals surface area contributed by atoms with E-state index in [1.165, 1.54) is 0 Å². The van der Waals surface area contributed by atoms with E-state index < -0.39 is 29.1 Å². The Kier molecular flexibility index (Phi) is 2.84. The van der Waals surface area contributed by atoms with Gasteiger partial charge in [-0.1, -0.05) is 0 Å². The molecule has 0 unspecified atom stereocenters. The van der Waals surface area contributed by atoms with Crippen LogP contribution in [-0.4, -0.2) is 23.2 Å². The molecule has 13 heavy (non-hydrogen) atoms. The number of hydrogen-bond donors (Lipinski definition) is 1. The fourth-order valence-electron chi connectivity index (χ4n) is 0.909. The molecule has 2 atom stereocenters. The zero-order valence-corrected chi connectivity index (χ0v) is 7.82. The first-order valence-corrected chi connectivity index (χ1v) is 4.27. The van der Waals surface area contributed by atoms with E-state index in [2.05, 4.69) is 0 Å². The van der Waals surface area contributed by atoms with Gasteiger partial charge in [0.25, 0.3) is 0 Å². The van der Waals surface area contributed by atoms with Crippen LogP contribution < -0.4 is 5.32 Å². The second-order valence-corrected chi connectivity index (χ2v) is 3.81. The SMILES string of the molecule is O=C(N[C@H]1C[C@@H]1C(F)F)C(F)(F)Br. The lowest BCUT2D eigenvalue weighted by atomic mass is 10.4. The fourth-order valence-corrected chi connectivity index (χ4v) is 1.02. The number of carbonyl (C=O) groups excluding carboxylic acids is 1. The molecule has 0 radical (unpaired) electrons. The predicted molar refractivity (Wildman–Crippen MR) is 39.9 cm³/mol. The molecule has 0 spiro atoms. The maximum Gasteiger partial charge on any atom is 0.377 e. The highest BCUT2D eigenvalue weighted by molar-refractivity contribution is 9.10. The van der Waals surface area contributed by atoms with Gasteiger partial charge in [-0.3, -0.25) is 4.79 Å². The summed E-state index contributed by atoms with van der Waals surface area (Å²) in [6.07, 6.45) is -2.50. The van der Waals surface area contributed by atoms with Crippen LogP contribution in [0.5, 0.6) is 0 Å². The Morgan fingerprint density at radius 1 is 1.54 bits per heavy atom. The Bertz CT molecular complexity index is 217. The highest BCUT2D eigenvalue weighted by Gasteiger charge is 2.48. The van der Waals surface area contributed by atoms with Crippen LogP contribution in [0.4, 0.5) is 17.6 Å². The van der Waals surface area contributed by atoms with E-state index in [1.807, 2.05) is 21.2 Å². The summed E-state index contributed by atoms with van der Waals surface area (Å²) in [6.45, 7) is 0. The van der Waals surface area contributed by atoms with Gasteiger partial charge in [0.15, 0.2) is 0 Å². The number of alkyl halides is 5. The van der Waals surface area contributed by atoms with Crippen LogP contribution in [0.15, 0.2) is 0 Å². The quantitative estimate of drug-likeness (QED) is 0.610. The van der Waals surface area contributed by atoms with Crippen molar-refractivity contribution in [3.63, 3.8) is 0 Å². The van der Waals surface area contributed by atoms with Crippen molar-refractivity contribution in [2.75, 3.05) is 0 Å². The van der Waals surface area contributed by atoms with Gasteiger partial charge >= 0.3 is 10.7 Å². The van der Waals surface area contributed by atoms with Crippen molar-refractivity contribution in [3.05, 3.63) is 0 Å². The molecule has 0 aromatic heterocycles. The normalized spacial score (nSPS) is 27.5. The van der Waals surface area contributed by atoms with E-state index in [9.17, 15) is 22.4 Å². The summed E-state index contributed by atoms with van der Waals surface area (Å²) in [5, 5.41) is 1.81. The molecular formula is C6H6BrF4NO. The van der Waals surface area contributed by atoms with Crippen LogP contribution in [0.1, 0.15) is 6.42 Å². The van der Waals surface area contributed by atoms with E-state index in [4.69, 9.17) is 0 Å². The van der Waals surface area contributed by atoms with Gasteiger partial charge in [0.1, 0.15) is 0 Å². The molecule has 0 aromatic carbocycles. The zero-order valence-electron chi connectivity index (χ0n) is 6.24. The largest absolute Gasteiger partial charge is 0.377 e. The topological polar surface area (TPSA) is 29.1 Å². The average Bonchev–Trinajstić information content (AvgIpc) is 2.64. The van der Waals surface area contributed by atoms with E-state index in [1.54, 1.807) is 0 Å². The summed E-state index contributed by atoms with van der Waals surface area (Å²) < 4.78 is 48.0. The minimum atomic E-state index is -3.68. The van der Waals surface area contributed by atoms with Gasteiger partial charge in [0.05, 0.1) is 0 Å². The predicted octanol–water partition coefficient (Wildman–Crippen LogP) is 1.74. The number of halogens is 5. The maximum atomic E-state index is 12.1. The van der Waals surface area contributed by atoms with Crippen LogP contribution in [0.25, 0.3) is 0 Å². The van der Waals surface area contributed by atoms with Crippen LogP contribution >= 0.6 is 15.9 Å². The molecule has 0 saturated heterocycles. The number of carbonyl (C=O) groups is 1. The highest BCUT2D eigenvalue weighted by atomic mass is 79.9. The Morgan fingerprint density at radius 2 is 2.08 bits per heavy atom. The van der Waals surface area contributed by atoms with Crippen molar-refractivity contribution < 1.29 is 22.4 Å². The van der Waals surface area contributed by atoms with Crippen molar-refractivity contribution in [2.24, 2.45) is 5.92 Å². The van der Waals surface area contributed by atoms with Crippen LogP contribution in [0.2, 0.25) is 0 Å². The first kappa shape index (κ1) is 10.7. The Morgan fingerprint density at radius 3 is 2.38 bits per heavy atom. The highest BCUT2D eigenvalue weighted by Crippen LogP contribution is 2.37. The third-order valence-corrected chi connectivity index (χ3v) is 2.10. The molecule has 0 aliphatic heterocycles. The Labute approximate surface area is 79.8 Å². The van der Waals surface area contributed by atoms with Gasteiger partial charge < -0.3 is 5.32 Å². The molecule has 1 aliphatic rings. The Balaban J connectivity index is 2.33. The van der Waals surface area contributed by atoms with E-state index in [-0.39, 0.29) is 6.42 Å². The van der Waals surface area contributed by atoms with Crippen LogP contribution in [0, 0.1) is 5.92 Å². The second-order valence-electron chi connectivity index (χ2n) is 2.81. The van der Waals surface area contributed by atoms with Gasteiger partial charge in [0.2, 0.25) is 6.43 Å². The molecule has 1 N–H and O–H groups in total. The van der Waals surface area contributed by atoms with Crippen molar-refractivity contribution in [2.45, 2.75) is 23.7 Å². The van der Waals surface area contributed by atoms with Crippen LogP contribution in [0.3, 0.4) is 0 Å². The Hall–Kier alpha value is -0.330. The van der Waals surface area contributed by atoms with Crippen molar-refractivity contribution >= 4 is 21.8 Å². The number of nitrogens with one attached hydrogen (secondary N) is 1. The minimum Gasteiger partial charge on any atom is -0.347 e. The van der Waals surface area contributed by atoms with Crippen LogP contribution in [-0.2, 0) is 4.79 Å². The summed E-state index contributed by atoms with van der Waals surface area (Å²) in [5.74, 6) is -2.54. The van der Waals surface area contributed by atoms with Crippen molar-refractivity contribution in [1.82, 2.24) is 5.32 Å². The first-order valence-electron chi connectivity index (χ1n) is 3.48. The van der Waals surface area contributed by atoms with E-state index in [0.717, 1.165) is 0 Å². The third kappa shape index (κ3) is 2.82. The summed E-state index contributed by atoms with van der Waals surface area (Å²) in [6, 6.07) is -0.809. The molecule has 0 heterocycles. The van der Waals surface area contributed by atoms with Gasteiger partial charge in [-0.25, -0.2) is 8.78 Å². The average molecular weight is 264 g/mol. The molecule has 0 aromatic rings. The molecule has 2 nitrogen and oxygen atoms in total. The second kappa shape index (κ2) is 3.43. The summed E-state index contributed by atoms with van der Waals surface area (Å²) in [5.41, 5.74) is 0. The van der Waals surface area contributed by atoms with Crippen molar-refractivity contribution in [3.8, 4) is 0 Å². The molecule has 76 valence electrons. The number of rotatable bonds is 3. The zero-order chi connectivity index (χ0) is 10.2. The molecule has 7 heteroatoms. The van der Waals surface area contributed by atoms with E-state index >= 15 is 0 Å². The lowest BCUT2D eigenvalue weighted by molar-refractivity contribution is -0.134. The summed E-state index contributed by atoms with van der Waals surface area (Å²) >= 11 is 1.82. The molecule has 1 aliphatic carbocycles.